The molecule has 3 aliphatic heterocycles. The first-order valence-corrected chi connectivity index (χ1v) is 33.7. The van der Waals surface area contributed by atoms with Crippen LogP contribution in [0, 0.1) is 47.3 Å². The summed E-state index contributed by atoms with van der Waals surface area (Å²) in [6.45, 7) is 0.677. The highest BCUT2D eigenvalue weighted by Crippen LogP contribution is 2.64. The van der Waals surface area contributed by atoms with Crippen LogP contribution in [0.1, 0.15) is 185 Å². The van der Waals surface area contributed by atoms with Crippen molar-refractivity contribution in [3.8, 4) is 17.6 Å². The highest BCUT2D eigenvalue weighted by Gasteiger charge is 2.64. The Kier molecular flexibility index (Phi) is 14.9. The Morgan fingerprint density at radius 1 is 0.758 bits per heavy atom. The molecule has 0 radical (unpaired) electrons. The average Bonchev–Trinajstić information content (AvgIpc) is 1.31. The summed E-state index contributed by atoms with van der Waals surface area (Å²) in [6.07, 6.45) is 21.7. The lowest BCUT2D eigenvalue weighted by molar-refractivity contribution is -0.205. The molecule has 6 aromatic rings. The van der Waals surface area contributed by atoms with Crippen molar-refractivity contribution in [2.45, 2.75) is 157 Å². The maximum atomic E-state index is 16.3. The second-order valence-corrected chi connectivity index (χ2v) is 28.0. The van der Waals surface area contributed by atoms with E-state index in [1.165, 1.54) is 70.0 Å². The summed E-state index contributed by atoms with van der Waals surface area (Å²) in [4.78, 5) is 47.0. The SMILES string of the molecule is COCC(CCO)c1c(CO)c2ccc3c(c2oc1=O)C1OC(=O)CC2CC(c4cccc5c4CCC4CCCC6C=Cc7ccccc7C564)C=CC2c2ccc4c5c2CC#CCC(O3)(C2CC3c6ccccc6C=CC3C2CC5)C1OC(=O)C(=C(C)CO)CC4. The number of hydrogen-bond donors (Lipinski definition) is 3. The van der Waals surface area contributed by atoms with Gasteiger partial charge in [0.05, 0.1) is 31.8 Å². The van der Waals surface area contributed by atoms with Crippen molar-refractivity contribution in [1.29, 1.82) is 0 Å². The van der Waals surface area contributed by atoms with E-state index in [0.29, 0.717) is 65.4 Å². The Hall–Kier alpha value is -7.59. The van der Waals surface area contributed by atoms with Crippen LogP contribution in [0.3, 0.4) is 0 Å². The average molecular weight is 1220 g/mol. The van der Waals surface area contributed by atoms with Crippen molar-refractivity contribution in [1.82, 2.24) is 0 Å². The summed E-state index contributed by atoms with van der Waals surface area (Å²) in [5.41, 5.74) is 13.4. The number of aliphatic hydroxyl groups excluding tert-OH is 3. The van der Waals surface area contributed by atoms with E-state index in [0.717, 1.165) is 43.2 Å². The van der Waals surface area contributed by atoms with Gasteiger partial charge < -0.3 is 38.7 Å². The minimum Gasteiger partial charge on any atom is -0.481 e. The van der Waals surface area contributed by atoms with E-state index in [4.69, 9.17) is 23.4 Å². The monoisotopic (exact) mass is 1220 g/mol. The Labute approximate surface area is 532 Å². The van der Waals surface area contributed by atoms with E-state index in [-0.39, 0.29) is 109 Å². The minimum atomic E-state index is -1.46. The quantitative estimate of drug-likeness (QED) is 0.0437. The van der Waals surface area contributed by atoms with Gasteiger partial charge in [-0.05, 0) is 198 Å². The zero-order valence-electron chi connectivity index (χ0n) is 52.1. The Morgan fingerprint density at radius 3 is 2.44 bits per heavy atom. The molecule has 2 spiro atoms. The Balaban J connectivity index is 0.922. The van der Waals surface area contributed by atoms with Crippen molar-refractivity contribution in [3.63, 3.8) is 0 Å². The van der Waals surface area contributed by atoms with Gasteiger partial charge in [-0.15, -0.1) is 0 Å². The Morgan fingerprint density at radius 2 is 1.58 bits per heavy atom. The summed E-state index contributed by atoms with van der Waals surface area (Å²) in [6, 6.07) is 32.9. The Bertz CT molecular complexity index is 4220. The minimum absolute atomic E-state index is 0.00914. The maximum Gasteiger partial charge on any atom is 0.340 e. The third kappa shape index (κ3) is 9.14. The van der Waals surface area contributed by atoms with Crippen molar-refractivity contribution >= 4 is 35.1 Å². The first-order chi connectivity index (χ1) is 44.6. The predicted octanol–water partition coefficient (Wildman–Crippen LogP) is 13.4. The van der Waals surface area contributed by atoms with Crippen LogP contribution in [-0.2, 0) is 61.5 Å². The molecule has 0 amide bonds. The van der Waals surface area contributed by atoms with Crippen molar-refractivity contribution in [3.05, 3.63) is 215 Å². The zero-order valence-corrected chi connectivity index (χ0v) is 52.1. The second-order valence-electron chi connectivity index (χ2n) is 28.0. The molecular weight excluding hydrogens is 1140 g/mol. The summed E-state index contributed by atoms with van der Waals surface area (Å²) in [5.74, 6) is 6.27. The lowest BCUT2D eigenvalue weighted by Gasteiger charge is -2.55. The first kappa shape index (κ1) is 58.5. The van der Waals surface area contributed by atoms with Gasteiger partial charge in [-0.3, -0.25) is 4.79 Å². The topological polar surface area (TPSA) is 162 Å². The molecule has 1 aromatic heterocycles. The molecule has 466 valence electrons. The molecule has 14 unspecified atom stereocenters. The van der Waals surface area contributed by atoms with Crippen LogP contribution in [0.25, 0.3) is 23.1 Å². The van der Waals surface area contributed by atoms with Crippen LogP contribution < -0.4 is 10.4 Å². The summed E-state index contributed by atoms with van der Waals surface area (Å²) >= 11 is 0. The van der Waals surface area contributed by atoms with Gasteiger partial charge in [0.15, 0.2) is 17.8 Å². The molecular formula is C80H80O11. The molecule has 0 saturated heterocycles. The van der Waals surface area contributed by atoms with Crippen LogP contribution >= 0.6 is 0 Å². The van der Waals surface area contributed by atoms with Gasteiger partial charge in [-0.25, -0.2) is 9.59 Å². The van der Waals surface area contributed by atoms with Crippen LogP contribution in [0.2, 0.25) is 0 Å². The van der Waals surface area contributed by atoms with Gasteiger partial charge in [0.1, 0.15) is 11.3 Å². The predicted molar refractivity (Wildman–Crippen MR) is 348 cm³/mol. The summed E-state index contributed by atoms with van der Waals surface area (Å²) < 4.78 is 34.6. The van der Waals surface area contributed by atoms with Crippen LogP contribution in [0.5, 0.6) is 5.75 Å². The van der Waals surface area contributed by atoms with Crippen molar-refractivity contribution in [2.75, 3.05) is 26.9 Å². The molecule has 91 heavy (non-hydrogen) atoms. The maximum absolute atomic E-state index is 16.3. The molecule has 14 atom stereocenters. The van der Waals surface area contributed by atoms with Gasteiger partial charge in [-0.2, -0.15) is 0 Å². The molecule has 4 heterocycles. The standard InChI is InChI=1S/C80H80O11/c1-45(42-82)54-27-21-47-23-29-60-58-28-24-49(56-17-10-19-68-62(56)31-26-53-14-9-13-52-25-20-48-12-4-6-18-67(48)80(52,53)68)39-51(58)40-71(84)88-75-73-70(35-34-64-66(43-83)72(78(86)89-74(64)73)50(36-38-81)44-87-2)91-79(76(75)90-77(54)85)37-8-7-16-59(60)57(47)32-33-63-61-30-22-46-11-3-5-15-55(46)65(61)41-69(63)79/h3-6,10-12,15,17-20,22-25,28-30,34-35,49-53,58,61,63,65,69,75-76,81-83H,9,13-14,16,21,26-27,31-33,36-44H2,1-2H3. The van der Waals surface area contributed by atoms with Crippen molar-refractivity contribution < 1.29 is 48.3 Å². The number of benzene rings is 5. The molecule has 3 N–H and O–H groups in total. The van der Waals surface area contributed by atoms with E-state index in [1.54, 1.807) is 13.0 Å². The molecule has 11 nitrogen and oxygen atoms in total. The van der Waals surface area contributed by atoms with E-state index in [1.807, 2.05) is 6.07 Å². The second kappa shape index (κ2) is 23.2. The molecule has 5 aromatic carbocycles. The van der Waals surface area contributed by atoms with Gasteiger partial charge in [0.2, 0.25) is 0 Å². The van der Waals surface area contributed by atoms with E-state index < -0.39 is 47.9 Å². The number of allylic oxidation sites excluding steroid dienone is 4. The largest absolute Gasteiger partial charge is 0.481 e. The zero-order chi connectivity index (χ0) is 61.9. The van der Waals surface area contributed by atoms with Gasteiger partial charge in [0.25, 0.3) is 0 Å². The fraction of sp³-hybridized carbons (Fsp3) is 0.438. The number of aliphatic hydroxyl groups is 3. The number of methoxy groups -OCH3 is 1. The lowest BCUT2D eigenvalue weighted by Crippen LogP contribution is -2.61. The molecule has 11 heteroatoms. The molecule has 2 saturated carbocycles. The van der Waals surface area contributed by atoms with Gasteiger partial charge >= 0.3 is 17.6 Å². The lowest BCUT2D eigenvalue weighted by atomic mass is 9.48. The highest BCUT2D eigenvalue weighted by atomic mass is 16.6. The smallest absolute Gasteiger partial charge is 0.340 e. The van der Waals surface area contributed by atoms with Crippen molar-refractivity contribution in [2.24, 2.45) is 35.5 Å². The van der Waals surface area contributed by atoms with Crippen LogP contribution in [0.4, 0.5) is 0 Å². The number of carbonyl (C=O) groups is 2. The third-order valence-corrected chi connectivity index (χ3v) is 24.1. The van der Waals surface area contributed by atoms with E-state index in [2.05, 4.69) is 127 Å². The molecule has 7 aliphatic carbocycles. The first-order valence-electron chi connectivity index (χ1n) is 33.7. The number of rotatable bonds is 8. The number of carbonyl (C=O) groups excluding carboxylic acids is 2. The number of hydrogen-bond acceptors (Lipinski definition) is 11. The number of fused-ring (bicyclic) bond motifs is 14. The van der Waals surface area contributed by atoms with Gasteiger partial charge in [-0.1, -0.05) is 134 Å². The van der Waals surface area contributed by atoms with E-state index in [9.17, 15) is 20.1 Å². The normalized spacial score (nSPS) is 31.3. The third-order valence-electron chi connectivity index (χ3n) is 24.1. The molecule has 4 bridgehead atoms. The number of esters is 2. The summed E-state index contributed by atoms with van der Waals surface area (Å²) in [5, 5.41) is 33.1. The van der Waals surface area contributed by atoms with Crippen LogP contribution in [-0.4, -0.2) is 65.9 Å². The fourth-order valence-corrected chi connectivity index (χ4v) is 20.2. The molecule has 10 aliphatic rings. The molecule has 2 fully saturated rings. The fourth-order valence-electron chi connectivity index (χ4n) is 20.2. The summed E-state index contributed by atoms with van der Waals surface area (Å²) in [7, 11) is 1.52. The number of ether oxygens (including phenoxy) is 4. The van der Waals surface area contributed by atoms with Gasteiger partial charge in [0, 0.05) is 72.2 Å². The highest BCUT2D eigenvalue weighted by molar-refractivity contribution is 5.91. The van der Waals surface area contributed by atoms with Crippen LogP contribution in [0.15, 0.2) is 136 Å². The van der Waals surface area contributed by atoms with E-state index >= 15 is 9.59 Å². The number of aryl methyl sites for hydroxylation is 1. The molecule has 16 rings (SSSR count).